The van der Waals surface area contributed by atoms with Crippen molar-refractivity contribution in [2.45, 2.75) is 13.3 Å². The van der Waals surface area contributed by atoms with Gasteiger partial charge in [0, 0.05) is 20.0 Å². The maximum atomic E-state index is 11.6. The zero-order valence-electron chi connectivity index (χ0n) is 11.9. The van der Waals surface area contributed by atoms with Crippen molar-refractivity contribution in [3.8, 4) is 18.1 Å². The van der Waals surface area contributed by atoms with Crippen LogP contribution in [-0.2, 0) is 6.42 Å². The van der Waals surface area contributed by atoms with Gasteiger partial charge in [-0.2, -0.15) is 0 Å². The number of hydrogen-bond donors (Lipinski definition) is 1. The molecule has 0 bridgehead atoms. The van der Waals surface area contributed by atoms with E-state index in [0.29, 0.717) is 18.8 Å². The number of carbonyl (C=O) groups excluding carboxylic acids is 1. The number of ether oxygens (including phenoxy) is 1. The van der Waals surface area contributed by atoms with Crippen LogP contribution in [0.15, 0.2) is 24.3 Å². The summed E-state index contributed by atoms with van der Waals surface area (Å²) in [6.07, 6.45) is 5.75. The summed E-state index contributed by atoms with van der Waals surface area (Å²) in [4.78, 5) is 13.2. The molecule has 110 valence electrons. The molecule has 0 fully saturated rings. The molecule has 1 aromatic rings. The maximum Gasteiger partial charge on any atom is 0.414 e. The third kappa shape index (κ3) is 6.46. The second-order valence-corrected chi connectivity index (χ2v) is 4.27. The topological polar surface area (TPSA) is 46.1 Å². The van der Waals surface area contributed by atoms with Gasteiger partial charge in [0.2, 0.25) is 0 Å². The number of quaternary nitrogens is 1. The Morgan fingerprint density at radius 2 is 2.25 bits per heavy atom. The van der Waals surface area contributed by atoms with Crippen LogP contribution in [0.25, 0.3) is 0 Å². The summed E-state index contributed by atoms with van der Waals surface area (Å²) in [7, 11) is 1.71. The second-order valence-electron chi connectivity index (χ2n) is 4.27. The number of nitrogens with zero attached hydrogens (tertiary/aromatic N) is 1. The molecule has 0 aliphatic rings. The molecule has 0 atom stereocenters. The Morgan fingerprint density at radius 3 is 2.90 bits per heavy atom. The summed E-state index contributed by atoms with van der Waals surface area (Å²) >= 11 is 0. The van der Waals surface area contributed by atoms with E-state index in [4.69, 9.17) is 11.2 Å². The summed E-state index contributed by atoms with van der Waals surface area (Å²) in [5, 5.41) is 2.07. The van der Waals surface area contributed by atoms with Crippen molar-refractivity contribution in [2.24, 2.45) is 0 Å². The normalized spacial score (nSPS) is 9.25. The Labute approximate surface area is 126 Å². The van der Waals surface area contributed by atoms with Gasteiger partial charge in [-0.1, -0.05) is 12.1 Å². The minimum atomic E-state index is -0.335. The number of nitrogens with two attached hydrogens (primary N) is 1. The van der Waals surface area contributed by atoms with Crippen LogP contribution in [0.1, 0.15) is 12.5 Å². The van der Waals surface area contributed by atoms with Crippen molar-refractivity contribution in [3.05, 3.63) is 29.8 Å². The first kappa shape index (κ1) is 18.3. The van der Waals surface area contributed by atoms with E-state index in [2.05, 4.69) is 11.2 Å². The molecule has 0 spiro atoms. The predicted molar refractivity (Wildman–Crippen MR) is 75.0 cm³/mol. The Morgan fingerprint density at radius 1 is 1.50 bits per heavy atom. The lowest BCUT2D eigenvalue weighted by molar-refractivity contribution is -0.643. The Hall–Kier alpha value is -1.70. The first-order valence-electron chi connectivity index (χ1n) is 6.44. The van der Waals surface area contributed by atoms with Crippen molar-refractivity contribution in [3.63, 3.8) is 0 Å². The molecular weight excluding hydrogens is 276 g/mol. The molecule has 5 heteroatoms. The highest BCUT2D eigenvalue weighted by molar-refractivity contribution is 5.70. The monoisotopic (exact) mass is 296 g/mol. The number of carbonyl (C=O) groups is 1. The summed E-state index contributed by atoms with van der Waals surface area (Å²) in [6.45, 7) is 4.14. The van der Waals surface area contributed by atoms with E-state index in [9.17, 15) is 4.79 Å². The maximum absolute atomic E-state index is 11.6. The lowest BCUT2D eigenvalue weighted by atomic mass is 10.1. The zero-order valence-corrected chi connectivity index (χ0v) is 12.7. The summed E-state index contributed by atoms with van der Waals surface area (Å²) in [5.41, 5.74) is 1.14. The SMILES string of the molecule is C#CC[NH2+]CCc1cccc(OC(=O)N(C)CC)c1.[Cl-]. The first-order valence-corrected chi connectivity index (χ1v) is 6.44. The van der Waals surface area contributed by atoms with Gasteiger partial charge in [0.1, 0.15) is 12.3 Å². The third-order valence-electron chi connectivity index (χ3n) is 2.79. The fraction of sp³-hybridized carbons (Fsp3) is 0.400. The van der Waals surface area contributed by atoms with Crippen molar-refractivity contribution >= 4 is 6.09 Å². The van der Waals surface area contributed by atoms with Crippen LogP contribution < -0.4 is 22.5 Å². The van der Waals surface area contributed by atoms with Gasteiger partial charge >= 0.3 is 6.09 Å². The molecule has 0 aromatic heterocycles. The molecule has 1 amide bonds. The molecule has 0 unspecified atom stereocenters. The lowest BCUT2D eigenvalue weighted by Crippen LogP contribution is -3.00. The number of benzene rings is 1. The zero-order chi connectivity index (χ0) is 14.1. The Bertz CT molecular complexity index is 457. The third-order valence-corrected chi connectivity index (χ3v) is 2.79. The quantitative estimate of drug-likeness (QED) is 0.482. The van der Waals surface area contributed by atoms with Crippen molar-refractivity contribution in [1.82, 2.24) is 4.90 Å². The number of terminal acetylenes is 1. The summed E-state index contributed by atoms with van der Waals surface area (Å²) in [6, 6.07) is 7.59. The molecule has 0 aliphatic heterocycles. The van der Waals surface area contributed by atoms with Crippen LogP contribution in [-0.4, -0.2) is 37.7 Å². The smallest absolute Gasteiger partial charge is 0.414 e. The van der Waals surface area contributed by atoms with E-state index in [1.54, 1.807) is 13.1 Å². The van der Waals surface area contributed by atoms with E-state index in [1.165, 1.54) is 4.90 Å². The van der Waals surface area contributed by atoms with Crippen LogP contribution >= 0.6 is 0 Å². The minimum absolute atomic E-state index is 0. The first-order chi connectivity index (χ1) is 9.17. The standard InChI is InChI=1S/C15H20N2O2.ClH/c1-4-10-16-11-9-13-7-6-8-14(12-13)19-15(18)17(3)5-2;/h1,6-8,12,16H,5,9-11H2,2-3H3;1H. The van der Waals surface area contributed by atoms with Crippen molar-refractivity contribution in [1.29, 1.82) is 0 Å². The second kappa shape index (κ2) is 10.1. The van der Waals surface area contributed by atoms with Gasteiger partial charge in [-0.25, -0.2) is 4.79 Å². The number of rotatable bonds is 6. The van der Waals surface area contributed by atoms with E-state index >= 15 is 0 Å². The van der Waals surface area contributed by atoms with E-state index < -0.39 is 0 Å². The number of amides is 1. The predicted octanol–water partition coefficient (Wildman–Crippen LogP) is -2.12. The molecule has 4 nitrogen and oxygen atoms in total. The highest BCUT2D eigenvalue weighted by Crippen LogP contribution is 2.14. The molecule has 1 rings (SSSR count). The average Bonchev–Trinajstić information content (AvgIpc) is 2.43. The van der Waals surface area contributed by atoms with Gasteiger partial charge in [-0.05, 0) is 30.5 Å². The molecule has 0 saturated carbocycles. The molecule has 0 heterocycles. The van der Waals surface area contributed by atoms with Gasteiger partial charge in [-0.15, -0.1) is 6.42 Å². The van der Waals surface area contributed by atoms with Gasteiger partial charge < -0.3 is 27.4 Å². The largest absolute Gasteiger partial charge is 1.00 e. The van der Waals surface area contributed by atoms with Gasteiger partial charge in [-0.3, -0.25) is 0 Å². The average molecular weight is 297 g/mol. The van der Waals surface area contributed by atoms with Crippen LogP contribution in [0.2, 0.25) is 0 Å². The highest BCUT2D eigenvalue weighted by Gasteiger charge is 2.09. The molecule has 0 aliphatic carbocycles. The highest BCUT2D eigenvalue weighted by atomic mass is 35.5. The molecule has 2 N–H and O–H groups in total. The fourth-order valence-corrected chi connectivity index (χ4v) is 1.53. The summed E-state index contributed by atoms with van der Waals surface area (Å²) in [5.74, 6) is 3.16. The molecule has 0 saturated heterocycles. The van der Waals surface area contributed by atoms with Gasteiger partial charge in [0.25, 0.3) is 0 Å². The van der Waals surface area contributed by atoms with E-state index in [1.807, 2.05) is 25.1 Å². The van der Waals surface area contributed by atoms with E-state index in [0.717, 1.165) is 18.5 Å². The number of hydrogen-bond acceptors (Lipinski definition) is 2. The van der Waals surface area contributed by atoms with Crippen LogP contribution in [0, 0.1) is 12.3 Å². The van der Waals surface area contributed by atoms with Crippen LogP contribution in [0.5, 0.6) is 5.75 Å². The minimum Gasteiger partial charge on any atom is -1.00 e. The van der Waals surface area contributed by atoms with Gasteiger partial charge in [0.15, 0.2) is 0 Å². The van der Waals surface area contributed by atoms with Crippen LogP contribution in [0.3, 0.4) is 0 Å². The Balaban J connectivity index is 0.00000361. The lowest BCUT2D eigenvalue weighted by Gasteiger charge is -2.14. The van der Waals surface area contributed by atoms with Gasteiger partial charge in [0.05, 0.1) is 6.54 Å². The van der Waals surface area contributed by atoms with Crippen LogP contribution in [0.4, 0.5) is 4.79 Å². The molecule has 1 aromatic carbocycles. The molecule has 0 radical (unpaired) electrons. The molecular formula is C15H21ClN2O2. The van der Waals surface area contributed by atoms with Crippen molar-refractivity contribution < 1.29 is 27.3 Å². The fourth-order valence-electron chi connectivity index (χ4n) is 1.53. The van der Waals surface area contributed by atoms with E-state index in [-0.39, 0.29) is 18.5 Å². The van der Waals surface area contributed by atoms with Crippen molar-refractivity contribution in [2.75, 3.05) is 26.7 Å². The Kier molecular flexibility index (Phi) is 9.27. The molecule has 20 heavy (non-hydrogen) atoms. The summed E-state index contributed by atoms with van der Waals surface area (Å²) < 4.78 is 5.28. The number of halogens is 1.